The van der Waals surface area contributed by atoms with Gasteiger partial charge in [-0.05, 0) is 12.1 Å². The Morgan fingerprint density at radius 1 is 1.43 bits per heavy atom. The first-order chi connectivity index (χ1) is 6.52. The van der Waals surface area contributed by atoms with Crippen LogP contribution in [0.5, 0.6) is 0 Å². The fraction of sp³-hybridized carbons (Fsp3) is 0.250. The molecule has 0 aliphatic rings. The lowest BCUT2D eigenvalue weighted by molar-refractivity contribution is -0.136. The van der Waals surface area contributed by atoms with Crippen LogP contribution in [0.1, 0.15) is 5.69 Å². The van der Waals surface area contributed by atoms with Crippen LogP contribution in [0.4, 0.5) is 0 Å². The summed E-state index contributed by atoms with van der Waals surface area (Å²) in [5.74, 6) is -0.848. The Labute approximate surface area is 96.6 Å². The summed E-state index contributed by atoms with van der Waals surface area (Å²) >= 11 is 14.4. The zero-order valence-corrected chi connectivity index (χ0v) is 9.30. The van der Waals surface area contributed by atoms with Gasteiger partial charge < -0.3 is 5.11 Å². The SMILES string of the molecule is ClC(Cl)Cl.O=C(O)Cc1ccccn1. The maximum atomic E-state index is 10.1. The molecule has 1 aromatic rings. The average molecular weight is 257 g/mol. The summed E-state index contributed by atoms with van der Waals surface area (Å²) in [6.45, 7) is 0. The number of carbonyl (C=O) groups is 1. The fourth-order valence-corrected chi connectivity index (χ4v) is 0.658. The Morgan fingerprint density at radius 2 is 2.00 bits per heavy atom. The van der Waals surface area contributed by atoms with E-state index in [1.54, 1.807) is 24.4 Å². The van der Waals surface area contributed by atoms with E-state index in [4.69, 9.17) is 39.9 Å². The molecule has 0 saturated carbocycles. The molecule has 0 aliphatic heterocycles. The van der Waals surface area contributed by atoms with Gasteiger partial charge in [-0.2, -0.15) is 0 Å². The molecule has 1 N–H and O–H groups in total. The van der Waals surface area contributed by atoms with Crippen molar-refractivity contribution in [2.24, 2.45) is 0 Å². The second-order valence-electron chi connectivity index (χ2n) is 2.14. The van der Waals surface area contributed by atoms with E-state index in [1.165, 1.54) is 0 Å². The Balaban J connectivity index is 0.000000364. The third-order valence-electron chi connectivity index (χ3n) is 1.06. The van der Waals surface area contributed by atoms with Crippen LogP contribution in [0, 0.1) is 0 Å². The number of hydrogen-bond acceptors (Lipinski definition) is 2. The molecule has 1 heterocycles. The summed E-state index contributed by atoms with van der Waals surface area (Å²) in [5, 5.41) is 8.33. The zero-order chi connectivity index (χ0) is 11.0. The number of aromatic nitrogens is 1. The predicted octanol–water partition coefficient (Wildman–Crippen LogP) is 2.70. The predicted molar refractivity (Wildman–Crippen MR) is 56.9 cm³/mol. The Hall–Kier alpha value is -0.510. The number of pyridine rings is 1. The summed E-state index contributed by atoms with van der Waals surface area (Å²) in [6.07, 6.45) is 1.58. The average Bonchev–Trinajstić information content (AvgIpc) is 2.03. The van der Waals surface area contributed by atoms with E-state index < -0.39 is 10.3 Å². The number of rotatable bonds is 2. The van der Waals surface area contributed by atoms with Gasteiger partial charge in [0, 0.05) is 6.20 Å². The highest BCUT2D eigenvalue weighted by Crippen LogP contribution is 2.03. The van der Waals surface area contributed by atoms with Crippen molar-refractivity contribution in [3.05, 3.63) is 30.1 Å². The molecule has 1 aromatic heterocycles. The molecule has 0 unspecified atom stereocenters. The van der Waals surface area contributed by atoms with E-state index in [0.717, 1.165) is 0 Å². The van der Waals surface area contributed by atoms with Gasteiger partial charge in [0.25, 0.3) is 0 Å². The lowest BCUT2D eigenvalue weighted by Crippen LogP contribution is -2.01. The van der Waals surface area contributed by atoms with Crippen molar-refractivity contribution in [3.8, 4) is 0 Å². The van der Waals surface area contributed by atoms with Crippen LogP contribution in [0.15, 0.2) is 24.4 Å². The molecule has 0 fully saturated rings. The topological polar surface area (TPSA) is 50.2 Å². The minimum atomic E-state index is -0.848. The van der Waals surface area contributed by atoms with Crippen molar-refractivity contribution in [2.45, 2.75) is 10.7 Å². The molecule has 0 spiro atoms. The van der Waals surface area contributed by atoms with E-state index in [2.05, 4.69) is 4.98 Å². The lowest BCUT2D eigenvalue weighted by atomic mass is 10.3. The Kier molecular flexibility index (Phi) is 7.57. The summed E-state index contributed by atoms with van der Waals surface area (Å²) in [5.41, 5.74) is 0.593. The molecule has 3 nitrogen and oxygen atoms in total. The normalized spacial score (nSPS) is 9.14. The highest BCUT2D eigenvalue weighted by atomic mass is 35.6. The van der Waals surface area contributed by atoms with Crippen LogP contribution < -0.4 is 0 Å². The molecular weight excluding hydrogens is 248 g/mol. The lowest BCUT2D eigenvalue weighted by Gasteiger charge is -1.91. The van der Waals surface area contributed by atoms with E-state index in [-0.39, 0.29) is 6.42 Å². The highest BCUT2D eigenvalue weighted by molar-refractivity contribution is 6.63. The van der Waals surface area contributed by atoms with Crippen molar-refractivity contribution >= 4 is 40.8 Å². The minimum absolute atomic E-state index is 0.000833. The number of aliphatic carboxylic acids is 1. The van der Waals surface area contributed by atoms with Gasteiger partial charge in [0.15, 0.2) is 4.30 Å². The number of halogens is 3. The molecule has 0 radical (unpaired) electrons. The van der Waals surface area contributed by atoms with Crippen molar-refractivity contribution in [2.75, 3.05) is 0 Å². The first kappa shape index (κ1) is 13.5. The van der Waals surface area contributed by atoms with Gasteiger partial charge in [-0.1, -0.05) is 40.9 Å². The van der Waals surface area contributed by atoms with Crippen LogP contribution in [-0.4, -0.2) is 20.4 Å². The van der Waals surface area contributed by atoms with Crippen molar-refractivity contribution < 1.29 is 9.90 Å². The van der Waals surface area contributed by atoms with E-state index >= 15 is 0 Å². The van der Waals surface area contributed by atoms with Crippen molar-refractivity contribution in [1.82, 2.24) is 4.98 Å². The van der Waals surface area contributed by atoms with Crippen LogP contribution in [-0.2, 0) is 11.2 Å². The number of alkyl halides is 3. The molecule has 0 aromatic carbocycles. The van der Waals surface area contributed by atoms with Gasteiger partial charge in [0.1, 0.15) is 0 Å². The number of carboxylic acids is 1. The number of carboxylic acid groups (broad SMARTS) is 1. The second kappa shape index (κ2) is 7.85. The maximum Gasteiger partial charge on any atom is 0.309 e. The summed E-state index contributed by atoms with van der Waals surface area (Å²) in [6, 6.07) is 5.21. The van der Waals surface area contributed by atoms with Gasteiger partial charge in [-0.3, -0.25) is 9.78 Å². The molecule has 78 valence electrons. The molecule has 1 rings (SSSR count). The standard InChI is InChI=1S/C7H7NO2.CHCl3/c9-7(10)5-6-3-1-2-4-8-6;2-1(3)4/h1-4H,5H2,(H,9,10);1H. The summed E-state index contributed by atoms with van der Waals surface area (Å²) in [4.78, 5) is 14.0. The van der Waals surface area contributed by atoms with Gasteiger partial charge in [-0.15, -0.1) is 0 Å². The van der Waals surface area contributed by atoms with Gasteiger partial charge in [0.05, 0.1) is 12.1 Å². The van der Waals surface area contributed by atoms with Gasteiger partial charge in [-0.25, -0.2) is 0 Å². The van der Waals surface area contributed by atoms with Gasteiger partial charge in [0.2, 0.25) is 0 Å². The molecule has 6 heteroatoms. The molecular formula is C8H8Cl3NO2. The zero-order valence-electron chi connectivity index (χ0n) is 7.03. The molecule has 0 aliphatic carbocycles. The smallest absolute Gasteiger partial charge is 0.309 e. The molecule has 0 atom stereocenters. The quantitative estimate of drug-likeness (QED) is 0.828. The number of hydrogen-bond donors (Lipinski definition) is 1. The fourth-order valence-electron chi connectivity index (χ4n) is 0.658. The first-order valence-electron chi connectivity index (χ1n) is 3.56. The van der Waals surface area contributed by atoms with Crippen LogP contribution >= 0.6 is 34.8 Å². The molecule has 0 bridgehead atoms. The third kappa shape index (κ3) is 9.58. The third-order valence-corrected chi connectivity index (χ3v) is 1.06. The van der Waals surface area contributed by atoms with Crippen molar-refractivity contribution in [1.29, 1.82) is 0 Å². The largest absolute Gasteiger partial charge is 0.481 e. The first-order valence-corrected chi connectivity index (χ1v) is 4.87. The molecule has 0 saturated heterocycles. The Morgan fingerprint density at radius 3 is 2.36 bits per heavy atom. The van der Waals surface area contributed by atoms with Gasteiger partial charge >= 0.3 is 5.97 Å². The second-order valence-corrected chi connectivity index (χ2v) is 4.12. The monoisotopic (exact) mass is 255 g/mol. The van der Waals surface area contributed by atoms with Crippen LogP contribution in [0.25, 0.3) is 0 Å². The van der Waals surface area contributed by atoms with Crippen LogP contribution in [0.3, 0.4) is 0 Å². The van der Waals surface area contributed by atoms with Crippen molar-refractivity contribution in [3.63, 3.8) is 0 Å². The Bertz CT molecular complexity index is 264. The van der Waals surface area contributed by atoms with Crippen LogP contribution in [0.2, 0.25) is 0 Å². The summed E-state index contributed by atoms with van der Waals surface area (Å²) in [7, 11) is 0. The number of nitrogens with zero attached hydrogens (tertiary/aromatic N) is 1. The highest BCUT2D eigenvalue weighted by Gasteiger charge is 1.98. The van der Waals surface area contributed by atoms with E-state index in [0.29, 0.717) is 5.69 Å². The summed E-state index contributed by atoms with van der Waals surface area (Å²) < 4.78 is -0.750. The minimum Gasteiger partial charge on any atom is -0.481 e. The van der Waals surface area contributed by atoms with E-state index in [9.17, 15) is 4.79 Å². The van der Waals surface area contributed by atoms with E-state index in [1.807, 2.05) is 0 Å². The molecule has 14 heavy (non-hydrogen) atoms. The molecule has 0 amide bonds. The maximum absolute atomic E-state index is 10.1.